The van der Waals surface area contributed by atoms with E-state index in [9.17, 15) is 4.79 Å². The second-order valence-corrected chi connectivity index (χ2v) is 8.18. The molecule has 4 rings (SSSR count). The number of methoxy groups -OCH3 is 2. The zero-order valence-corrected chi connectivity index (χ0v) is 17.9. The number of thiazole rings is 1. The highest BCUT2D eigenvalue weighted by molar-refractivity contribution is 7.22. The molecule has 0 spiro atoms. The smallest absolute Gasteiger partial charge is 0.257 e. The molecule has 0 aliphatic carbocycles. The lowest BCUT2D eigenvalue weighted by molar-refractivity contribution is 0.0717. The lowest BCUT2D eigenvalue weighted by atomic mass is 10.0. The van der Waals surface area contributed by atoms with E-state index in [0.29, 0.717) is 5.56 Å². The first kappa shape index (κ1) is 19.5. The summed E-state index contributed by atoms with van der Waals surface area (Å²) in [6, 6.07) is 3.90. The molecular formula is C20H25N5O3S. The number of anilines is 1. The molecule has 0 bridgehead atoms. The Labute approximate surface area is 173 Å². The van der Waals surface area contributed by atoms with E-state index >= 15 is 0 Å². The molecule has 0 radical (unpaired) electrons. The molecule has 8 nitrogen and oxygen atoms in total. The largest absolute Gasteiger partial charge is 0.495 e. The summed E-state index contributed by atoms with van der Waals surface area (Å²) >= 11 is 1.60. The van der Waals surface area contributed by atoms with E-state index in [1.807, 2.05) is 31.1 Å². The standard InChI is InChI=1S/C20H25N5O3S/c1-23-11-13(10-21-23)19(26)24(2)14-6-5-9-25(12-14)20-22-17-15(27-3)7-8-16(28-4)18(17)29-20/h7-8,10-11,14H,5-6,9,12H2,1-4H3. The number of piperidine rings is 1. The fourth-order valence-corrected chi connectivity index (χ4v) is 4.86. The minimum Gasteiger partial charge on any atom is -0.495 e. The third-order valence-corrected chi connectivity index (χ3v) is 6.52. The van der Waals surface area contributed by atoms with Crippen molar-refractivity contribution in [3.8, 4) is 11.5 Å². The van der Waals surface area contributed by atoms with Crippen LogP contribution in [0.2, 0.25) is 0 Å². The van der Waals surface area contributed by atoms with E-state index in [4.69, 9.17) is 14.5 Å². The summed E-state index contributed by atoms with van der Waals surface area (Å²) in [5, 5.41) is 5.04. The van der Waals surface area contributed by atoms with Gasteiger partial charge >= 0.3 is 0 Å². The average molecular weight is 416 g/mol. The number of nitrogens with zero attached hydrogens (tertiary/aromatic N) is 5. The number of aromatic nitrogens is 3. The number of carbonyl (C=O) groups is 1. The highest BCUT2D eigenvalue weighted by Crippen LogP contribution is 2.40. The van der Waals surface area contributed by atoms with Crippen molar-refractivity contribution in [3.05, 3.63) is 30.1 Å². The van der Waals surface area contributed by atoms with E-state index in [0.717, 1.165) is 52.8 Å². The molecular weight excluding hydrogens is 390 g/mol. The zero-order valence-electron chi connectivity index (χ0n) is 17.1. The lowest BCUT2D eigenvalue weighted by Crippen LogP contribution is -2.48. The predicted octanol–water partition coefficient (Wildman–Crippen LogP) is 2.79. The van der Waals surface area contributed by atoms with Gasteiger partial charge < -0.3 is 19.3 Å². The molecule has 1 atom stereocenters. The molecule has 3 aromatic rings. The summed E-state index contributed by atoms with van der Waals surface area (Å²) in [6.45, 7) is 1.66. The number of amides is 1. The molecule has 1 fully saturated rings. The lowest BCUT2D eigenvalue weighted by Gasteiger charge is -2.37. The minimum absolute atomic E-state index is 0.00223. The van der Waals surface area contributed by atoms with Crippen LogP contribution in [0.15, 0.2) is 24.5 Å². The van der Waals surface area contributed by atoms with Crippen LogP contribution in [0.25, 0.3) is 10.2 Å². The van der Waals surface area contributed by atoms with Gasteiger partial charge in [0.15, 0.2) is 5.13 Å². The maximum Gasteiger partial charge on any atom is 0.257 e. The first-order chi connectivity index (χ1) is 14.0. The van der Waals surface area contributed by atoms with Gasteiger partial charge in [0.05, 0.1) is 26.0 Å². The van der Waals surface area contributed by atoms with Crippen molar-refractivity contribution in [2.24, 2.45) is 7.05 Å². The van der Waals surface area contributed by atoms with Crippen molar-refractivity contribution >= 4 is 32.6 Å². The first-order valence-corrected chi connectivity index (χ1v) is 10.4. The van der Waals surface area contributed by atoms with Crippen LogP contribution in [-0.4, -0.2) is 66.0 Å². The van der Waals surface area contributed by atoms with Crippen molar-refractivity contribution in [1.82, 2.24) is 19.7 Å². The van der Waals surface area contributed by atoms with Crippen LogP contribution >= 0.6 is 11.3 Å². The Morgan fingerprint density at radius 1 is 1.28 bits per heavy atom. The molecule has 9 heteroatoms. The first-order valence-electron chi connectivity index (χ1n) is 9.54. The third-order valence-electron chi connectivity index (χ3n) is 5.39. The van der Waals surface area contributed by atoms with E-state index in [-0.39, 0.29) is 11.9 Å². The molecule has 1 saturated heterocycles. The minimum atomic E-state index is -0.00223. The van der Waals surface area contributed by atoms with Crippen LogP contribution in [0.3, 0.4) is 0 Å². The molecule has 29 heavy (non-hydrogen) atoms. The molecule has 3 heterocycles. The quantitative estimate of drug-likeness (QED) is 0.638. The summed E-state index contributed by atoms with van der Waals surface area (Å²) in [7, 11) is 7.00. The molecule has 1 unspecified atom stereocenters. The number of carbonyl (C=O) groups excluding carboxylic acids is 1. The van der Waals surface area contributed by atoms with E-state index < -0.39 is 0 Å². The Morgan fingerprint density at radius 3 is 2.72 bits per heavy atom. The fourth-order valence-electron chi connectivity index (χ4n) is 3.76. The normalized spacial score (nSPS) is 16.8. The third kappa shape index (κ3) is 3.62. The Kier molecular flexibility index (Phi) is 5.31. The van der Waals surface area contributed by atoms with Gasteiger partial charge in [-0.25, -0.2) is 4.98 Å². The maximum atomic E-state index is 12.8. The Morgan fingerprint density at radius 2 is 2.03 bits per heavy atom. The number of likely N-dealkylation sites (N-methyl/N-ethyl adjacent to an activating group) is 1. The van der Waals surface area contributed by atoms with Gasteiger partial charge in [-0.3, -0.25) is 9.48 Å². The van der Waals surface area contributed by atoms with Crippen molar-refractivity contribution in [2.75, 3.05) is 39.3 Å². The van der Waals surface area contributed by atoms with Crippen molar-refractivity contribution in [1.29, 1.82) is 0 Å². The number of benzene rings is 1. The van der Waals surface area contributed by atoms with Crippen LogP contribution in [-0.2, 0) is 7.05 Å². The molecule has 154 valence electrons. The van der Waals surface area contributed by atoms with E-state index in [1.54, 1.807) is 42.6 Å². The number of hydrogen-bond donors (Lipinski definition) is 0. The Bertz CT molecular complexity index is 989. The molecule has 2 aromatic heterocycles. The van der Waals surface area contributed by atoms with Gasteiger partial charge in [-0.2, -0.15) is 5.10 Å². The fraction of sp³-hybridized carbons (Fsp3) is 0.450. The number of hydrogen-bond acceptors (Lipinski definition) is 7. The summed E-state index contributed by atoms with van der Waals surface area (Å²) in [4.78, 5) is 21.7. The molecule has 1 aromatic carbocycles. The SMILES string of the molecule is COc1ccc(OC)c2sc(N3CCCC(N(C)C(=O)c4cnn(C)c4)C3)nc12. The monoisotopic (exact) mass is 415 g/mol. The molecule has 0 saturated carbocycles. The highest BCUT2D eigenvalue weighted by atomic mass is 32.1. The van der Waals surface area contributed by atoms with Gasteiger partial charge in [0, 0.05) is 39.4 Å². The van der Waals surface area contributed by atoms with Crippen LogP contribution in [0.4, 0.5) is 5.13 Å². The maximum absolute atomic E-state index is 12.8. The van der Waals surface area contributed by atoms with Gasteiger partial charge in [0.1, 0.15) is 21.7 Å². The van der Waals surface area contributed by atoms with Crippen LogP contribution in [0.5, 0.6) is 11.5 Å². The van der Waals surface area contributed by atoms with Crippen LogP contribution < -0.4 is 14.4 Å². The van der Waals surface area contributed by atoms with Crippen molar-refractivity contribution in [3.63, 3.8) is 0 Å². The van der Waals surface area contributed by atoms with Crippen LogP contribution in [0.1, 0.15) is 23.2 Å². The Balaban J connectivity index is 1.57. The summed E-state index contributed by atoms with van der Waals surface area (Å²) < 4.78 is 13.6. The average Bonchev–Trinajstić information content (AvgIpc) is 3.39. The zero-order chi connectivity index (χ0) is 20.5. The second-order valence-electron chi connectivity index (χ2n) is 7.21. The van der Waals surface area contributed by atoms with Gasteiger partial charge in [0.2, 0.25) is 0 Å². The Hall–Kier alpha value is -2.81. The van der Waals surface area contributed by atoms with E-state index in [2.05, 4.69) is 10.00 Å². The topological polar surface area (TPSA) is 72.7 Å². The molecule has 1 amide bonds. The van der Waals surface area contributed by atoms with Gasteiger partial charge in [-0.15, -0.1) is 0 Å². The van der Waals surface area contributed by atoms with Gasteiger partial charge in [-0.1, -0.05) is 11.3 Å². The molecule has 0 N–H and O–H groups in total. The summed E-state index contributed by atoms with van der Waals surface area (Å²) in [5.41, 5.74) is 1.43. The predicted molar refractivity (Wildman–Crippen MR) is 113 cm³/mol. The number of fused-ring (bicyclic) bond motifs is 1. The van der Waals surface area contributed by atoms with Crippen molar-refractivity contribution < 1.29 is 14.3 Å². The van der Waals surface area contributed by atoms with Gasteiger partial charge in [0.25, 0.3) is 5.91 Å². The van der Waals surface area contributed by atoms with E-state index in [1.165, 1.54) is 0 Å². The summed E-state index contributed by atoms with van der Waals surface area (Å²) in [6.07, 6.45) is 5.34. The van der Waals surface area contributed by atoms with Gasteiger partial charge in [-0.05, 0) is 25.0 Å². The highest BCUT2D eigenvalue weighted by Gasteiger charge is 2.29. The van der Waals surface area contributed by atoms with Crippen molar-refractivity contribution in [2.45, 2.75) is 18.9 Å². The number of aryl methyl sites for hydroxylation is 1. The molecule has 1 aliphatic rings. The second kappa shape index (κ2) is 7.90. The summed E-state index contributed by atoms with van der Waals surface area (Å²) in [5.74, 6) is 1.53. The number of rotatable bonds is 5. The van der Waals surface area contributed by atoms with Crippen LogP contribution in [0, 0.1) is 0 Å². The number of ether oxygens (including phenoxy) is 2. The molecule has 1 aliphatic heterocycles.